The molecule has 92 valence electrons. The fourth-order valence-electron chi connectivity index (χ4n) is 1.81. The van der Waals surface area contributed by atoms with Gasteiger partial charge in [0.2, 0.25) is 5.91 Å². The molecular formula is C10H18N2O3S. The number of hydrogen-bond acceptors (Lipinski definition) is 4. The zero-order valence-corrected chi connectivity index (χ0v) is 10.7. The van der Waals surface area contributed by atoms with Crippen LogP contribution in [0.3, 0.4) is 0 Å². The summed E-state index contributed by atoms with van der Waals surface area (Å²) in [6.07, 6.45) is 0. The van der Waals surface area contributed by atoms with E-state index < -0.39 is 12.0 Å². The minimum atomic E-state index is -0.842. The highest BCUT2D eigenvalue weighted by Crippen LogP contribution is 2.19. The summed E-state index contributed by atoms with van der Waals surface area (Å²) >= 11 is 1.63. The zero-order valence-electron chi connectivity index (χ0n) is 9.84. The Balaban J connectivity index is 2.75. The van der Waals surface area contributed by atoms with Gasteiger partial charge in [-0.15, -0.1) is 0 Å². The van der Waals surface area contributed by atoms with Gasteiger partial charge < -0.3 is 10.0 Å². The first-order valence-electron chi connectivity index (χ1n) is 5.22. The van der Waals surface area contributed by atoms with Gasteiger partial charge in [-0.1, -0.05) is 0 Å². The summed E-state index contributed by atoms with van der Waals surface area (Å²) in [4.78, 5) is 26.2. The van der Waals surface area contributed by atoms with Gasteiger partial charge in [-0.2, -0.15) is 11.8 Å². The summed E-state index contributed by atoms with van der Waals surface area (Å²) in [6.45, 7) is 2.43. The Morgan fingerprint density at radius 2 is 2.12 bits per heavy atom. The summed E-state index contributed by atoms with van der Waals surface area (Å²) in [5.74, 6) is 0.554. The van der Waals surface area contributed by atoms with E-state index in [1.54, 1.807) is 37.7 Å². The number of amides is 1. The molecule has 0 radical (unpaired) electrons. The van der Waals surface area contributed by atoms with Crippen molar-refractivity contribution in [1.29, 1.82) is 0 Å². The summed E-state index contributed by atoms with van der Waals surface area (Å²) in [6, 6.07) is -0.908. The lowest BCUT2D eigenvalue weighted by molar-refractivity contribution is -0.145. The quantitative estimate of drug-likeness (QED) is 0.757. The summed E-state index contributed by atoms with van der Waals surface area (Å²) in [5, 5.41) is 9.10. The largest absolute Gasteiger partial charge is 0.480 e. The van der Waals surface area contributed by atoms with E-state index in [1.807, 2.05) is 0 Å². The molecule has 6 heteroatoms. The monoisotopic (exact) mass is 246 g/mol. The standard InChI is InChI=1S/C10H18N2O3S/c1-7(9(13)11(2)3)12-4-5-16-6-8(12)10(14)15/h7-8H,4-6H2,1-3H3,(H,14,15). The Morgan fingerprint density at radius 1 is 1.50 bits per heavy atom. The van der Waals surface area contributed by atoms with Crippen LogP contribution in [0.4, 0.5) is 0 Å². The molecule has 2 atom stereocenters. The van der Waals surface area contributed by atoms with Crippen molar-refractivity contribution in [1.82, 2.24) is 9.80 Å². The van der Waals surface area contributed by atoms with Gasteiger partial charge in [0.15, 0.2) is 0 Å². The Labute approximate surface area is 99.8 Å². The molecule has 1 aliphatic rings. The molecule has 0 aromatic heterocycles. The lowest BCUT2D eigenvalue weighted by Gasteiger charge is -2.37. The van der Waals surface area contributed by atoms with Crippen molar-refractivity contribution in [2.24, 2.45) is 0 Å². The maximum absolute atomic E-state index is 11.8. The van der Waals surface area contributed by atoms with Crippen LogP contribution in [0.1, 0.15) is 6.92 Å². The number of aliphatic carboxylic acids is 1. The Hall–Kier alpha value is -0.750. The van der Waals surface area contributed by atoms with Crippen LogP contribution < -0.4 is 0 Å². The second kappa shape index (κ2) is 5.54. The molecule has 1 amide bonds. The van der Waals surface area contributed by atoms with Crippen molar-refractivity contribution in [3.63, 3.8) is 0 Å². The maximum Gasteiger partial charge on any atom is 0.321 e. The van der Waals surface area contributed by atoms with Crippen molar-refractivity contribution in [3.05, 3.63) is 0 Å². The number of hydrogen-bond donors (Lipinski definition) is 1. The SMILES string of the molecule is CC(C(=O)N(C)C)N1CCSCC1C(=O)O. The smallest absolute Gasteiger partial charge is 0.321 e. The van der Waals surface area contributed by atoms with E-state index in [-0.39, 0.29) is 11.9 Å². The summed E-state index contributed by atoms with van der Waals surface area (Å²) in [5.41, 5.74) is 0. The first-order chi connectivity index (χ1) is 7.45. The van der Waals surface area contributed by atoms with E-state index in [1.165, 1.54) is 4.90 Å². The lowest BCUT2D eigenvalue weighted by atomic mass is 10.1. The highest BCUT2D eigenvalue weighted by atomic mass is 32.2. The first-order valence-corrected chi connectivity index (χ1v) is 6.38. The average Bonchev–Trinajstić information content (AvgIpc) is 2.26. The molecule has 0 spiro atoms. The third kappa shape index (κ3) is 2.89. The molecule has 0 saturated carbocycles. The molecule has 1 fully saturated rings. The van der Waals surface area contributed by atoms with Crippen LogP contribution >= 0.6 is 11.8 Å². The Morgan fingerprint density at radius 3 is 2.62 bits per heavy atom. The number of carboxylic acid groups (broad SMARTS) is 1. The van der Waals surface area contributed by atoms with Crippen molar-refractivity contribution < 1.29 is 14.7 Å². The number of thioether (sulfide) groups is 1. The molecule has 5 nitrogen and oxygen atoms in total. The number of nitrogens with zero attached hydrogens (tertiary/aromatic N) is 2. The van der Waals surface area contributed by atoms with Gasteiger partial charge in [0.05, 0.1) is 6.04 Å². The van der Waals surface area contributed by atoms with E-state index in [4.69, 9.17) is 5.11 Å². The van der Waals surface area contributed by atoms with Crippen LogP contribution in [0.25, 0.3) is 0 Å². The normalized spacial score (nSPS) is 23.8. The van der Waals surface area contributed by atoms with Gasteiger partial charge in [0, 0.05) is 32.1 Å². The van der Waals surface area contributed by atoms with E-state index in [9.17, 15) is 9.59 Å². The van der Waals surface area contributed by atoms with E-state index in [0.29, 0.717) is 12.3 Å². The van der Waals surface area contributed by atoms with Crippen molar-refractivity contribution >= 4 is 23.6 Å². The van der Waals surface area contributed by atoms with Crippen molar-refractivity contribution in [2.45, 2.75) is 19.0 Å². The second-order valence-corrected chi connectivity index (χ2v) is 5.23. The van der Waals surface area contributed by atoms with E-state index in [0.717, 1.165) is 5.75 Å². The van der Waals surface area contributed by atoms with Crippen LogP contribution in [0.15, 0.2) is 0 Å². The molecule has 1 rings (SSSR count). The topological polar surface area (TPSA) is 60.9 Å². The Kier molecular flexibility index (Phi) is 4.61. The number of likely N-dealkylation sites (N-methyl/N-ethyl adjacent to an activating group) is 1. The molecule has 1 aliphatic heterocycles. The lowest BCUT2D eigenvalue weighted by Crippen LogP contribution is -2.55. The minimum Gasteiger partial charge on any atom is -0.480 e. The fraction of sp³-hybridized carbons (Fsp3) is 0.800. The van der Waals surface area contributed by atoms with Gasteiger partial charge in [0.25, 0.3) is 0 Å². The first kappa shape index (κ1) is 13.3. The van der Waals surface area contributed by atoms with Crippen molar-refractivity contribution in [2.75, 3.05) is 32.1 Å². The molecule has 1 heterocycles. The van der Waals surface area contributed by atoms with E-state index in [2.05, 4.69) is 0 Å². The van der Waals surface area contributed by atoms with Crippen LogP contribution in [-0.4, -0.2) is 71.0 Å². The number of carbonyl (C=O) groups is 2. The van der Waals surface area contributed by atoms with Crippen LogP contribution in [0, 0.1) is 0 Å². The van der Waals surface area contributed by atoms with Gasteiger partial charge in [0.1, 0.15) is 6.04 Å². The van der Waals surface area contributed by atoms with Gasteiger partial charge in [-0.05, 0) is 6.92 Å². The molecule has 1 N–H and O–H groups in total. The fourth-order valence-corrected chi connectivity index (χ4v) is 2.87. The maximum atomic E-state index is 11.8. The summed E-state index contributed by atoms with van der Waals surface area (Å²) < 4.78 is 0. The summed E-state index contributed by atoms with van der Waals surface area (Å²) in [7, 11) is 3.38. The van der Waals surface area contributed by atoms with Gasteiger partial charge in [-0.25, -0.2) is 0 Å². The minimum absolute atomic E-state index is 0.0434. The molecule has 2 unspecified atom stereocenters. The predicted molar refractivity (Wildman–Crippen MR) is 63.6 cm³/mol. The highest BCUT2D eigenvalue weighted by Gasteiger charge is 2.35. The van der Waals surface area contributed by atoms with Crippen LogP contribution in [-0.2, 0) is 9.59 Å². The zero-order chi connectivity index (χ0) is 12.3. The molecule has 1 saturated heterocycles. The third-order valence-electron chi connectivity index (χ3n) is 2.75. The molecule has 0 aliphatic carbocycles. The third-order valence-corrected chi connectivity index (χ3v) is 3.77. The van der Waals surface area contributed by atoms with Crippen molar-refractivity contribution in [3.8, 4) is 0 Å². The molecular weight excluding hydrogens is 228 g/mol. The van der Waals surface area contributed by atoms with Crippen LogP contribution in [0.5, 0.6) is 0 Å². The highest BCUT2D eigenvalue weighted by molar-refractivity contribution is 7.99. The number of carboxylic acids is 1. The molecule has 16 heavy (non-hydrogen) atoms. The molecule has 0 bridgehead atoms. The van der Waals surface area contributed by atoms with Gasteiger partial charge >= 0.3 is 5.97 Å². The number of rotatable bonds is 3. The second-order valence-electron chi connectivity index (χ2n) is 4.08. The number of carbonyl (C=O) groups excluding carboxylic acids is 1. The van der Waals surface area contributed by atoms with Gasteiger partial charge in [-0.3, -0.25) is 14.5 Å². The Bertz CT molecular complexity index is 283. The predicted octanol–water partition coefficient (Wildman–Crippen LogP) is -0.0349. The van der Waals surface area contributed by atoms with Crippen LogP contribution in [0.2, 0.25) is 0 Å². The molecule has 0 aromatic rings. The average molecular weight is 246 g/mol. The van der Waals surface area contributed by atoms with E-state index >= 15 is 0 Å². The molecule has 0 aromatic carbocycles.